The summed E-state index contributed by atoms with van der Waals surface area (Å²) in [4.78, 5) is 0. The van der Waals surface area contributed by atoms with Crippen LogP contribution >= 0.6 is 0 Å². The van der Waals surface area contributed by atoms with Crippen molar-refractivity contribution in [1.29, 1.82) is 0 Å². The molecule has 0 aliphatic carbocycles. The fourth-order valence-corrected chi connectivity index (χ4v) is 1.91. The van der Waals surface area contributed by atoms with E-state index in [-0.39, 0.29) is 0 Å². The molecule has 102 valence electrons. The minimum absolute atomic E-state index is 0.421. The van der Waals surface area contributed by atoms with E-state index < -0.39 is 0 Å². The number of ether oxygens (including phenoxy) is 1. The van der Waals surface area contributed by atoms with Gasteiger partial charge in [-0.25, -0.2) is 0 Å². The molecule has 0 amide bonds. The second-order valence-corrected chi connectivity index (χ2v) is 5.43. The number of hydrogen-bond donors (Lipinski definition) is 1. The largest absolute Gasteiger partial charge is 0.381 e. The van der Waals surface area contributed by atoms with E-state index in [0.29, 0.717) is 18.4 Å². The summed E-state index contributed by atoms with van der Waals surface area (Å²) in [5.74, 6) is 1.14. The lowest BCUT2D eigenvalue weighted by Gasteiger charge is -2.16. The van der Waals surface area contributed by atoms with E-state index in [1.165, 1.54) is 11.1 Å². The fourth-order valence-electron chi connectivity index (χ4n) is 1.91. The summed E-state index contributed by atoms with van der Waals surface area (Å²) in [6.07, 6.45) is 2.15. The summed E-state index contributed by atoms with van der Waals surface area (Å²) >= 11 is 0. The Hall–Kier alpha value is -0.860. The smallest absolute Gasteiger partial charge is 0.0472 e. The molecule has 1 aromatic rings. The summed E-state index contributed by atoms with van der Waals surface area (Å²) in [7, 11) is 0. The fraction of sp³-hybridized carbons (Fsp3) is 0.625. The predicted octanol–water partition coefficient (Wildman–Crippen LogP) is 3.49. The minimum atomic E-state index is 0.421. The van der Waals surface area contributed by atoms with E-state index in [1.54, 1.807) is 0 Å². The topological polar surface area (TPSA) is 35.2 Å². The van der Waals surface area contributed by atoms with Gasteiger partial charge >= 0.3 is 0 Å². The van der Waals surface area contributed by atoms with Crippen LogP contribution in [0.3, 0.4) is 0 Å². The highest BCUT2D eigenvalue weighted by molar-refractivity contribution is 5.24. The molecule has 0 fully saturated rings. The molecule has 0 heterocycles. The maximum absolute atomic E-state index is 5.85. The van der Waals surface area contributed by atoms with Crippen molar-refractivity contribution in [2.24, 2.45) is 11.7 Å². The van der Waals surface area contributed by atoms with Gasteiger partial charge in [-0.3, -0.25) is 0 Å². The maximum atomic E-state index is 5.85. The molecule has 0 aromatic heterocycles. The summed E-state index contributed by atoms with van der Waals surface area (Å²) < 4.78 is 5.67. The molecule has 0 aliphatic heterocycles. The van der Waals surface area contributed by atoms with E-state index in [2.05, 4.69) is 45.0 Å². The molecule has 0 saturated carbocycles. The van der Waals surface area contributed by atoms with Crippen LogP contribution in [0.2, 0.25) is 0 Å². The molecule has 1 aromatic carbocycles. The van der Waals surface area contributed by atoms with Crippen LogP contribution in [0, 0.1) is 12.8 Å². The molecule has 2 heteroatoms. The third kappa shape index (κ3) is 5.65. The first kappa shape index (κ1) is 15.2. The van der Waals surface area contributed by atoms with Crippen molar-refractivity contribution in [2.45, 2.75) is 39.5 Å². The Morgan fingerprint density at radius 3 is 2.22 bits per heavy atom. The summed E-state index contributed by atoms with van der Waals surface area (Å²) in [5, 5.41) is 0. The normalized spacial score (nSPS) is 12.9. The molecule has 1 atom stereocenters. The van der Waals surface area contributed by atoms with E-state index >= 15 is 0 Å². The van der Waals surface area contributed by atoms with Crippen molar-refractivity contribution in [1.82, 2.24) is 0 Å². The Morgan fingerprint density at radius 1 is 1.06 bits per heavy atom. The number of benzene rings is 1. The highest BCUT2D eigenvalue weighted by Gasteiger charge is 2.09. The Balaban J connectivity index is 2.31. The van der Waals surface area contributed by atoms with Gasteiger partial charge < -0.3 is 10.5 Å². The molecule has 0 radical (unpaired) electrons. The zero-order chi connectivity index (χ0) is 13.4. The van der Waals surface area contributed by atoms with Crippen LogP contribution in [0.5, 0.6) is 0 Å². The lowest BCUT2D eigenvalue weighted by molar-refractivity contribution is 0.117. The molecule has 1 unspecified atom stereocenters. The van der Waals surface area contributed by atoms with Crippen molar-refractivity contribution in [3.05, 3.63) is 35.4 Å². The molecule has 18 heavy (non-hydrogen) atoms. The number of rotatable bonds is 8. The van der Waals surface area contributed by atoms with E-state index in [9.17, 15) is 0 Å². The van der Waals surface area contributed by atoms with Crippen LogP contribution in [-0.4, -0.2) is 19.8 Å². The van der Waals surface area contributed by atoms with Crippen LogP contribution in [0.25, 0.3) is 0 Å². The third-order valence-corrected chi connectivity index (χ3v) is 3.28. The lowest BCUT2D eigenvalue weighted by atomic mass is 9.95. The second kappa shape index (κ2) is 8.28. The van der Waals surface area contributed by atoms with Crippen molar-refractivity contribution in [2.75, 3.05) is 19.8 Å². The average molecular weight is 249 g/mol. The molecular formula is C16H27NO. The predicted molar refractivity (Wildman–Crippen MR) is 77.9 cm³/mol. The van der Waals surface area contributed by atoms with Crippen LogP contribution in [-0.2, 0) is 4.74 Å². The van der Waals surface area contributed by atoms with Crippen molar-refractivity contribution < 1.29 is 4.74 Å². The van der Waals surface area contributed by atoms with Crippen molar-refractivity contribution >= 4 is 0 Å². The van der Waals surface area contributed by atoms with E-state index in [4.69, 9.17) is 10.5 Å². The molecular weight excluding hydrogens is 222 g/mol. The molecule has 0 saturated heterocycles. The highest BCUT2D eigenvalue weighted by atomic mass is 16.5. The van der Waals surface area contributed by atoms with Crippen LogP contribution < -0.4 is 5.73 Å². The Morgan fingerprint density at radius 2 is 1.67 bits per heavy atom. The average Bonchev–Trinajstić information content (AvgIpc) is 2.35. The summed E-state index contributed by atoms with van der Waals surface area (Å²) in [5.41, 5.74) is 8.47. The van der Waals surface area contributed by atoms with E-state index in [0.717, 1.165) is 26.1 Å². The van der Waals surface area contributed by atoms with Crippen LogP contribution in [0.4, 0.5) is 0 Å². The van der Waals surface area contributed by atoms with Crippen LogP contribution in [0.15, 0.2) is 24.3 Å². The molecule has 0 bridgehead atoms. The van der Waals surface area contributed by atoms with Gasteiger partial charge in [-0.1, -0.05) is 43.7 Å². The van der Waals surface area contributed by atoms with Crippen molar-refractivity contribution in [3.63, 3.8) is 0 Å². The second-order valence-electron chi connectivity index (χ2n) is 5.43. The van der Waals surface area contributed by atoms with Gasteiger partial charge in [0.1, 0.15) is 0 Å². The highest BCUT2D eigenvalue weighted by Crippen LogP contribution is 2.19. The van der Waals surface area contributed by atoms with Gasteiger partial charge in [0, 0.05) is 13.2 Å². The molecule has 2 nitrogen and oxygen atoms in total. The SMILES string of the molecule is Cc1ccc(C(CN)CCOCCC(C)C)cc1. The van der Waals surface area contributed by atoms with Crippen molar-refractivity contribution in [3.8, 4) is 0 Å². The monoisotopic (exact) mass is 249 g/mol. The molecule has 1 rings (SSSR count). The van der Waals surface area contributed by atoms with Crippen LogP contribution in [0.1, 0.15) is 43.7 Å². The molecule has 2 N–H and O–H groups in total. The Bertz CT molecular complexity index is 318. The number of aryl methyl sites for hydroxylation is 1. The van der Waals surface area contributed by atoms with Gasteiger partial charge in [0.25, 0.3) is 0 Å². The van der Waals surface area contributed by atoms with Gasteiger partial charge in [0.15, 0.2) is 0 Å². The first-order chi connectivity index (χ1) is 8.63. The van der Waals surface area contributed by atoms with Gasteiger partial charge in [-0.2, -0.15) is 0 Å². The third-order valence-electron chi connectivity index (χ3n) is 3.28. The van der Waals surface area contributed by atoms with Gasteiger partial charge in [0.05, 0.1) is 0 Å². The Kier molecular flexibility index (Phi) is 6.99. The number of hydrogen-bond acceptors (Lipinski definition) is 2. The quantitative estimate of drug-likeness (QED) is 0.716. The van der Waals surface area contributed by atoms with Gasteiger partial charge in [-0.15, -0.1) is 0 Å². The van der Waals surface area contributed by atoms with E-state index in [1.807, 2.05) is 0 Å². The minimum Gasteiger partial charge on any atom is -0.381 e. The summed E-state index contributed by atoms with van der Waals surface area (Å²) in [6.45, 7) is 8.91. The zero-order valence-electron chi connectivity index (χ0n) is 12.0. The standard InChI is InChI=1S/C16H27NO/c1-13(2)8-10-18-11-9-16(12-17)15-6-4-14(3)5-7-15/h4-7,13,16H,8-12,17H2,1-3H3. The number of nitrogens with two attached hydrogens (primary N) is 1. The molecule has 0 spiro atoms. The van der Waals surface area contributed by atoms with Gasteiger partial charge in [0.2, 0.25) is 0 Å². The molecule has 0 aliphatic rings. The first-order valence-electron chi connectivity index (χ1n) is 6.98. The first-order valence-corrected chi connectivity index (χ1v) is 6.98. The van der Waals surface area contributed by atoms with Gasteiger partial charge in [-0.05, 0) is 43.7 Å². The summed E-state index contributed by atoms with van der Waals surface area (Å²) in [6, 6.07) is 8.66. The Labute approximate surface area is 112 Å². The lowest BCUT2D eigenvalue weighted by Crippen LogP contribution is -2.15. The maximum Gasteiger partial charge on any atom is 0.0472 e. The zero-order valence-corrected chi connectivity index (χ0v) is 12.0.